The Kier molecular flexibility index (Phi) is 4.20. The van der Waals surface area contributed by atoms with Crippen LogP contribution in [0.25, 0.3) is 10.9 Å². The molecule has 0 bridgehead atoms. The lowest BCUT2D eigenvalue weighted by Gasteiger charge is -2.07. The minimum atomic E-state index is -2.26. The molecule has 17 heavy (non-hydrogen) atoms. The Hall–Kier alpha value is -1.29. The van der Waals surface area contributed by atoms with Gasteiger partial charge in [-0.1, -0.05) is 0 Å². The van der Waals surface area contributed by atoms with Crippen LogP contribution < -0.4 is 5.09 Å². The third kappa shape index (κ3) is 3.33. The molecule has 1 atom stereocenters. The van der Waals surface area contributed by atoms with Gasteiger partial charge in [0.15, 0.2) is 0 Å². The highest BCUT2D eigenvalue weighted by Crippen LogP contribution is 2.27. The molecule has 2 rings (SSSR count). The number of nitrogens with one attached hydrogen (secondary N) is 2. The van der Waals surface area contributed by atoms with E-state index in [0.717, 1.165) is 16.6 Å². The summed E-state index contributed by atoms with van der Waals surface area (Å²) in [6, 6.07) is 7.68. The van der Waals surface area contributed by atoms with Crippen molar-refractivity contribution >= 4 is 24.8 Å². The number of hydrogen-bond acceptors (Lipinski definition) is 3. The molecule has 0 aliphatic rings. The molecule has 2 N–H and O–H groups in total. The first kappa shape index (κ1) is 12.2. The average Bonchev–Trinajstić information content (AvgIpc) is 2.76. The molecule has 1 aromatic carbocycles. The zero-order valence-corrected chi connectivity index (χ0v) is 10.5. The standard InChI is InChI=1S/C11H15N2O3P/c1-15-6-7-16-17(14)13-10-2-3-11-9(8-10)4-5-12-11/h2-5,8,12,17H,6-7H2,1H3,(H,13,14). The maximum atomic E-state index is 11.6. The summed E-state index contributed by atoms with van der Waals surface area (Å²) >= 11 is 0. The van der Waals surface area contributed by atoms with Crippen LogP contribution in [0, 0.1) is 0 Å². The van der Waals surface area contributed by atoms with Gasteiger partial charge in [0.1, 0.15) is 0 Å². The summed E-state index contributed by atoms with van der Waals surface area (Å²) in [6.07, 6.45) is 1.87. The Bertz CT molecular complexity index is 512. The van der Waals surface area contributed by atoms with Crippen LogP contribution in [0.1, 0.15) is 0 Å². The summed E-state index contributed by atoms with van der Waals surface area (Å²) in [7, 11) is -0.678. The maximum Gasteiger partial charge on any atom is 0.282 e. The van der Waals surface area contributed by atoms with Crippen molar-refractivity contribution in [3.05, 3.63) is 30.5 Å². The molecule has 0 saturated carbocycles. The molecule has 5 nitrogen and oxygen atoms in total. The number of hydrogen-bond donors (Lipinski definition) is 2. The third-order valence-electron chi connectivity index (χ3n) is 2.32. The molecule has 92 valence electrons. The normalized spacial score (nSPS) is 12.8. The van der Waals surface area contributed by atoms with Crippen molar-refractivity contribution in [3.63, 3.8) is 0 Å². The van der Waals surface area contributed by atoms with Crippen molar-refractivity contribution in [1.82, 2.24) is 4.98 Å². The Morgan fingerprint density at radius 1 is 1.35 bits per heavy atom. The van der Waals surface area contributed by atoms with Crippen molar-refractivity contribution < 1.29 is 13.8 Å². The van der Waals surface area contributed by atoms with Gasteiger partial charge in [-0.25, -0.2) is 0 Å². The molecule has 0 amide bonds. The fourth-order valence-corrected chi connectivity index (χ4v) is 2.23. The summed E-state index contributed by atoms with van der Waals surface area (Å²) in [5, 5.41) is 3.91. The third-order valence-corrected chi connectivity index (χ3v) is 3.28. The number of anilines is 1. The van der Waals surface area contributed by atoms with Crippen LogP contribution in [-0.2, 0) is 13.8 Å². The fraction of sp³-hybridized carbons (Fsp3) is 0.273. The van der Waals surface area contributed by atoms with E-state index in [1.807, 2.05) is 30.5 Å². The van der Waals surface area contributed by atoms with Gasteiger partial charge in [0.05, 0.1) is 13.2 Å². The molecular formula is C11H15N2O3P. The molecule has 0 fully saturated rings. The molecule has 1 aromatic heterocycles. The van der Waals surface area contributed by atoms with E-state index in [4.69, 9.17) is 9.26 Å². The average molecular weight is 254 g/mol. The first-order valence-electron chi connectivity index (χ1n) is 5.29. The zero-order chi connectivity index (χ0) is 12.1. The highest BCUT2D eigenvalue weighted by molar-refractivity contribution is 7.40. The van der Waals surface area contributed by atoms with Crippen LogP contribution in [0.5, 0.6) is 0 Å². The largest absolute Gasteiger partial charge is 0.382 e. The molecule has 0 spiro atoms. The monoisotopic (exact) mass is 254 g/mol. The predicted molar refractivity (Wildman–Crippen MR) is 68.8 cm³/mol. The van der Waals surface area contributed by atoms with Crippen molar-refractivity contribution in [2.75, 3.05) is 25.4 Å². The highest BCUT2D eigenvalue weighted by atomic mass is 31.1. The zero-order valence-electron chi connectivity index (χ0n) is 9.53. The molecule has 0 saturated heterocycles. The molecule has 1 heterocycles. The van der Waals surface area contributed by atoms with Crippen LogP contribution in [0.2, 0.25) is 0 Å². The maximum absolute atomic E-state index is 11.6. The number of aromatic nitrogens is 1. The number of benzene rings is 1. The molecular weight excluding hydrogens is 239 g/mol. The lowest BCUT2D eigenvalue weighted by molar-refractivity contribution is 0.151. The Balaban J connectivity index is 1.95. The van der Waals surface area contributed by atoms with Crippen molar-refractivity contribution in [2.24, 2.45) is 0 Å². The molecule has 0 radical (unpaired) electrons. The van der Waals surface area contributed by atoms with E-state index in [9.17, 15) is 4.57 Å². The lowest BCUT2D eigenvalue weighted by Crippen LogP contribution is -1.99. The van der Waals surface area contributed by atoms with Gasteiger partial charge in [0.2, 0.25) is 0 Å². The molecule has 0 aliphatic heterocycles. The molecule has 2 aromatic rings. The molecule has 1 unspecified atom stereocenters. The van der Waals surface area contributed by atoms with Gasteiger partial charge in [0, 0.05) is 29.9 Å². The van der Waals surface area contributed by atoms with E-state index in [1.165, 1.54) is 0 Å². The Morgan fingerprint density at radius 3 is 3.06 bits per heavy atom. The Morgan fingerprint density at radius 2 is 2.24 bits per heavy atom. The van der Waals surface area contributed by atoms with Crippen molar-refractivity contribution in [1.29, 1.82) is 0 Å². The van der Waals surface area contributed by atoms with Gasteiger partial charge >= 0.3 is 0 Å². The topological polar surface area (TPSA) is 63.4 Å². The second-order valence-electron chi connectivity index (χ2n) is 3.53. The van der Waals surface area contributed by atoms with Crippen molar-refractivity contribution in [2.45, 2.75) is 0 Å². The van der Waals surface area contributed by atoms with E-state index in [2.05, 4.69) is 10.1 Å². The van der Waals surface area contributed by atoms with Crippen LogP contribution in [0.4, 0.5) is 5.69 Å². The van der Waals surface area contributed by atoms with Gasteiger partial charge in [-0.15, -0.1) is 0 Å². The molecule has 0 aliphatic carbocycles. The van der Waals surface area contributed by atoms with Crippen LogP contribution >= 0.6 is 8.18 Å². The number of methoxy groups -OCH3 is 1. The SMILES string of the molecule is COCCO[PH](=O)Nc1ccc2[nH]ccc2c1. The van der Waals surface area contributed by atoms with E-state index >= 15 is 0 Å². The van der Waals surface area contributed by atoms with Crippen LogP contribution in [0.3, 0.4) is 0 Å². The van der Waals surface area contributed by atoms with Gasteiger partial charge < -0.3 is 19.3 Å². The Labute approximate surface area is 100 Å². The minimum absolute atomic E-state index is 0.327. The van der Waals surface area contributed by atoms with Gasteiger partial charge in [0.25, 0.3) is 8.18 Å². The summed E-state index contributed by atoms with van der Waals surface area (Å²) in [4.78, 5) is 3.10. The van der Waals surface area contributed by atoms with Crippen molar-refractivity contribution in [3.8, 4) is 0 Å². The number of ether oxygens (including phenoxy) is 1. The highest BCUT2D eigenvalue weighted by Gasteiger charge is 2.01. The summed E-state index contributed by atoms with van der Waals surface area (Å²) < 4.78 is 21.4. The number of rotatable bonds is 6. The quantitative estimate of drug-likeness (QED) is 0.614. The second kappa shape index (κ2) is 5.87. The number of aromatic amines is 1. The van der Waals surface area contributed by atoms with Crippen LogP contribution in [-0.4, -0.2) is 25.3 Å². The minimum Gasteiger partial charge on any atom is -0.382 e. The van der Waals surface area contributed by atoms with E-state index in [-0.39, 0.29) is 0 Å². The van der Waals surface area contributed by atoms with Gasteiger partial charge in [-0.05, 0) is 24.3 Å². The molecule has 6 heteroatoms. The number of H-pyrrole nitrogens is 1. The summed E-state index contributed by atoms with van der Waals surface area (Å²) in [6.45, 7) is 0.766. The van der Waals surface area contributed by atoms with Crippen LogP contribution in [0.15, 0.2) is 30.5 Å². The first-order chi connectivity index (χ1) is 8.29. The fourth-order valence-electron chi connectivity index (χ4n) is 1.50. The summed E-state index contributed by atoms with van der Waals surface area (Å²) in [5.41, 5.74) is 1.84. The van der Waals surface area contributed by atoms with E-state index in [1.54, 1.807) is 7.11 Å². The lowest BCUT2D eigenvalue weighted by atomic mass is 10.2. The second-order valence-corrected chi connectivity index (χ2v) is 4.65. The number of fused-ring (bicyclic) bond motifs is 1. The first-order valence-corrected chi connectivity index (χ1v) is 6.61. The summed E-state index contributed by atoms with van der Waals surface area (Å²) in [5.74, 6) is 0. The van der Waals surface area contributed by atoms with E-state index < -0.39 is 8.18 Å². The van der Waals surface area contributed by atoms with E-state index in [0.29, 0.717) is 13.2 Å². The predicted octanol–water partition coefficient (Wildman–Crippen LogP) is 2.63. The van der Waals surface area contributed by atoms with Gasteiger partial charge in [-0.2, -0.15) is 0 Å². The smallest absolute Gasteiger partial charge is 0.282 e. The van der Waals surface area contributed by atoms with Gasteiger partial charge in [-0.3, -0.25) is 4.57 Å².